The Morgan fingerprint density at radius 3 is 2.62 bits per heavy atom. The van der Waals surface area contributed by atoms with Gasteiger partial charge in [0.2, 0.25) is 5.91 Å². The minimum Gasteiger partial charge on any atom is -0.383 e. The number of amides is 1. The molecular formula is C18H26F3N3O2. The van der Waals surface area contributed by atoms with Crippen LogP contribution in [-0.2, 0) is 22.3 Å². The molecule has 1 aromatic carbocycles. The second-order valence-electron chi connectivity index (χ2n) is 6.73. The van der Waals surface area contributed by atoms with Gasteiger partial charge in [-0.05, 0) is 31.5 Å². The van der Waals surface area contributed by atoms with Crippen LogP contribution in [0, 0.1) is 0 Å². The Kier molecular flexibility index (Phi) is 7.02. The van der Waals surface area contributed by atoms with Crippen molar-refractivity contribution in [2.75, 3.05) is 33.9 Å². The quantitative estimate of drug-likeness (QED) is 0.830. The summed E-state index contributed by atoms with van der Waals surface area (Å²) in [5.74, 6) is -0.120. The Balaban J connectivity index is 1.89. The fourth-order valence-electron chi connectivity index (χ4n) is 3.28. The highest BCUT2D eigenvalue weighted by Crippen LogP contribution is 2.30. The minimum absolute atomic E-state index is 0.120. The second kappa shape index (κ2) is 8.83. The standard InChI is InChI=1S/C18H26F3N3O2/c1-23(11-13-4-3-5-14(10-13)18(19,20)21)15-6-8-24(9-7-15)17(25)16(22)12-26-2/h3-5,10,15-16H,6-9,11-12,22H2,1-2H3. The van der Waals surface area contributed by atoms with Crippen molar-refractivity contribution in [3.05, 3.63) is 35.4 Å². The molecule has 0 spiro atoms. The van der Waals surface area contributed by atoms with Crippen LogP contribution in [0.2, 0.25) is 0 Å². The van der Waals surface area contributed by atoms with Gasteiger partial charge in [0.15, 0.2) is 0 Å². The van der Waals surface area contributed by atoms with E-state index in [9.17, 15) is 18.0 Å². The normalized spacial score (nSPS) is 17.6. The molecule has 1 saturated heterocycles. The van der Waals surface area contributed by atoms with E-state index in [2.05, 4.69) is 0 Å². The summed E-state index contributed by atoms with van der Waals surface area (Å²) in [7, 11) is 3.40. The topological polar surface area (TPSA) is 58.8 Å². The van der Waals surface area contributed by atoms with Gasteiger partial charge in [-0.3, -0.25) is 9.69 Å². The maximum absolute atomic E-state index is 12.8. The van der Waals surface area contributed by atoms with E-state index < -0.39 is 17.8 Å². The molecule has 1 aliphatic rings. The Morgan fingerprint density at radius 1 is 1.38 bits per heavy atom. The molecule has 1 aliphatic heterocycles. The number of halogens is 3. The van der Waals surface area contributed by atoms with Gasteiger partial charge in [-0.2, -0.15) is 13.2 Å². The lowest BCUT2D eigenvalue weighted by atomic mass is 10.0. The molecule has 1 unspecified atom stereocenters. The summed E-state index contributed by atoms with van der Waals surface area (Å²) < 4.78 is 43.4. The molecule has 0 radical (unpaired) electrons. The summed E-state index contributed by atoms with van der Waals surface area (Å²) in [5.41, 5.74) is 5.78. The summed E-state index contributed by atoms with van der Waals surface area (Å²) in [6.45, 7) is 1.81. The number of hydrogen-bond donors (Lipinski definition) is 1. The van der Waals surface area contributed by atoms with Crippen LogP contribution in [0.1, 0.15) is 24.0 Å². The smallest absolute Gasteiger partial charge is 0.383 e. The lowest BCUT2D eigenvalue weighted by Crippen LogP contribution is -2.51. The Bertz CT molecular complexity index is 602. The molecular weight excluding hydrogens is 347 g/mol. The monoisotopic (exact) mass is 373 g/mol. The number of ether oxygens (including phenoxy) is 1. The van der Waals surface area contributed by atoms with E-state index in [1.807, 2.05) is 11.9 Å². The average molecular weight is 373 g/mol. The summed E-state index contributed by atoms with van der Waals surface area (Å²) in [6, 6.07) is 4.97. The summed E-state index contributed by atoms with van der Waals surface area (Å²) in [5, 5.41) is 0. The number of likely N-dealkylation sites (tertiary alicyclic amines) is 1. The first-order valence-corrected chi connectivity index (χ1v) is 8.62. The van der Waals surface area contributed by atoms with E-state index in [0.717, 1.165) is 18.9 Å². The van der Waals surface area contributed by atoms with E-state index in [4.69, 9.17) is 10.5 Å². The van der Waals surface area contributed by atoms with Crippen molar-refractivity contribution in [2.45, 2.75) is 37.6 Å². The first-order valence-electron chi connectivity index (χ1n) is 8.62. The van der Waals surface area contributed by atoms with Crippen molar-refractivity contribution < 1.29 is 22.7 Å². The predicted molar refractivity (Wildman–Crippen MR) is 92.4 cm³/mol. The Morgan fingerprint density at radius 2 is 2.04 bits per heavy atom. The van der Waals surface area contributed by atoms with Gasteiger partial charge >= 0.3 is 6.18 Å². The molecule has 0 saturated carbocycles. The molecule has 0 aromatic heterocycles. The van der Waals surface area contributed by atoms with Crippen molar-refractivity contribution >= 4 is 5.91 Å². The number of alkyl halides is 3. The van der Waals surface area contributed by atoms with Crippen LogP contribution in [0.5, 0.6) is 0 Å². The molecule has 1 heterocycles. The molecule has 0 aliphatic carbocycles. The first kappa shape index (κ1) is 20.7. The molecule has 1 aromatic rings. The Labute approximate surface area is 151 Å². The summed E-state index contributed by atoms with van der Waals surface area (Å²) in [4.78, 5) is 16.0. The summed E-state index contributed by atoms with van der Waals surface area (Å²) >= 11 is 0. The molecule has 5 nitrogen and oxygen atoms in total. The lowest BCUT2D eigenvalue weighted by Gasteiger charge is -2.37. The molecule has 2 N–H and O–H groups in total. The number of nitrogens with two attached hydrogens (primary N) is 1. The van der Waals surface area contributed by atoms with Crippen molar-refractivity contribution in [1.29, 1.82) is 0 Å². The third-order valence-electron chi connectivity index (χ3n) is 4.75. The van der Waals surface area contributed by atoms with Crippen LogP contribution in [-0.4, -0.2) is 61.6 Å². The zero-order valence-electron chi connectivity index (χ0n) is 15.1. The number of nitrogens with zero attached hydrogens (tertiary/aromatic N) is 2. The van der Waals surface area contributed by atoms with Crippen molar-refractivity contribution in [2.24, 2.45) is 5.73 Å². The predicted octanol–water partition coefficient (Wildman–Crippen LogP) is 2.10. The van der Waals surface area contributed by atoms with Gasteiger partial charge in [-0.1, -0.05) is 18.2 Å². The number of methoxy groups -OCH3 is 1. The van der Waals surface area contributed by atoms with Crippen molar-refractivity contribution in [3.63, 3.8) is 0 Å². The highest BCUT2D eigenvalue weighted by atomic mass is 19.4. The second-order valence-corrected chi connectivity index (χ2v) is 6.73. The van der Waals surface area contributed by atoms with Gasteiger partial charge in [0.05, 0.1) is 12.2 Å². The highest BCUT2D eigenvalue weighted by Gasteiger charge is 2.31. The largest absolute Gasteiger partial charge is 0.416 e. The number of hydrogen-bond acceptors (Lipinski definition) is 4. The van der Waals surface area contributed by atoms with Crippen LogP contribution in [0.3, 0.4) is 0 Å². The fraction of sp³-hybridized carbons (Fsp3) is 0.611. The van der Waals surface area contributed by atoms with Crippen LogP contribution >= 0.6 is 0 Å². The van der Waals surface area contributed by atoms with Crippen LogP contribution in [0.25, 0.3) is 0 Å². The van der Waals surface area contributed by atoms with Crippen LogP contribution in [0.4, 0.5) is 13.2 Å². The molecule has 1 fully saturated rings. The van der Waals surface area contributed by atoms with Gasteiger partial charge < -0.3 is 15.4 Å². The fourth-order valence-corrected chi connectivity index (χ4v) is 3.28. The van der Waals surface area contributed by atoms with Crippen molar-refractivity contribution in [1.82, 2.24) is 9.80 Å². The summed E-state index contributed by atoms with van der Waals surface area (Å²) in [6.07, 6.45) is -2.80. The number of rotatable bonds is 6. The van der Waals surface area contributed by atoms with Gasteiger partial charge in [0.25, 0.3) is 0 Å². The highest BCUT2D eigenvalue weighted by molar-refractivity contribution is 5.81. The average Bonchev–Trinajstić information content (AvgIpc) is 2.61. The van der Waals surface area contributed by atoms with Crippen molar-refractivity contribution in [3.8, 4) is 0 Å². The van der Waals surface area contributed by atoms with E-state index in [-0.39, 0.29) is 18.6 Å². The van der Waals surface area contributed by atoms with E-state index in [0.29, 0.717) is 25.2 Å². The maximum atomic E-state index is 12.8. The van der Waals surface area contributed by atoms with E-state index >= 15 is 0 Å². The van der Waals surface area contributed by atoms with Gasteiger partial charge in [0, 0.05) is 32.8 Å². The van der Waals surface area contributed by atoms with E-state index in [1.165, 1.54) is 19.2 Å². The van der Waals surface area contributed by atoms with Crippen LogP contribution in [0.15, 0.2) is 24.3 Å². The molecule has 1 atom stereocenters. The zero-order valence-corrected chi connectivity index (χ0v) is 15.1. The third kappa shape index (κ3) is 5.43. The third-order valence-corrected chi connectivity index (χ3v) is 4.75. The molecule has 2 rings (SSSR count). The number of piperidine rings is 1. The Hall–Kier alpha value is -1.64. The minimum atomic E-state index is -4.33. The van der Waals surface area contributed by atoms with E-state index in [1.54, 1.807) is 11.0 Å². The molecule has 0 bridgehead atoms. The zero-order chi connectivity index (χ0) is 19.3. The lowest BCUT2D eigenvalue weighted by molar-refractivity contribution is -0.137. The number of carbonyl (C=O) groups excluding carboxylic acids is 1. The first-order chi connectivity index (χ1) is 12.2. The number of carbonyl (C=O) groups is 1. The van der Waals surface area contributed by atoms with Gasteiger partial charge in [-0.25, -0.2) is 0 Å². The van der Waals surface area contributed by atoms with Crippen LogP contribution < -0.4 is 5.73 Å². The SMILES string of the molecule is COCC(N)C(=O)N1CCC(N(C)Cc2cccc(C(F)(F)F)c2)CC1. The molecule has 26 heavy (non-hydrogen) atoms. The van der Waals surface area contributed by atoms with Gasteiger partial charge in [0.1, 0.15) is 6.04 Å². The maximum Gasteiger partial charge on any atom is 0.416 e. The molecule has 146 valence electrons. The van der Waals surface area contributed by atoms with Gasteiger partial charge in [-0.15, -0.1) is 0 Å². The number of benzene rings is 1. The molecule has 8 heteroatoms. The molecule has 1 amide bonds.